The Morgan fingerprint density at radius 2 is 2.33 bits per heavy atom. The van der Waals surface area contributed by atoms with Gasteiger partial charge in [0.05, 0.1) is 0 Å². The minimum absolute atomic E-state index is 0.665. The standard InChI is InChI=1S/C11H17N/c1-3-4-6-10(2)11-7-5-8-12-9-11/h5,7-10H,3-4,6H2,1-2H3/t10-/m0/s1. The van der Waals surface area contributed by atoms with Crippen LogP contribution in [-0.4, -0.2) is 4.98 Å². The number of rotatable bonds is 4. The smallest absolute Gasteiger partial charge is 0.0302 e. The lowest BCUT2D eigenvalue weighted by molar-refractivity contribution is 0.622. The third kappa shape index (κ3) is 2.65. The fourth-order valence-corrected chi connectivity index (χ4v) is 1.34. The lowest BCUT2D eigenvalue weighted by Crippen LogP contribution is -1.93. The zero-order chi connectivity index (χ0) is 8.81. The van der Waals surface area contributed by atoms with Crippen LogP contribution in [0, 0.1) is 0 Å². The van der Waals surface area contributed by atoms with E-state index >= 15 is 0 Å². The van der Waals surface area contributed by atoms with Crippen LogP contribution in [0.2, 0.25) is 0 Å². The van der Waals surface area contributed by atoms with Crippen molar-refractivity contribution < 1.29 is 0 Å². The Morgan fingerprint density at radius 1 is 1.50 bits per heavy atom. The Bertz CT molecular complexity index is 206. The Morgan fingerprint density at radius 3 is 2.92 bits per heavy atom. The average Bonchev–Trinajstić information content (AvgIpc) is 2.15. The van der Waals surface area contributed by atoms with Gasteiger partial charge in [-0.05, 0) is 24.0 Å². The lowest BCUT2D eigenvalue weighted by Gasteiger charge is -2.09. The average molecular weight is 163 g/mol. The number of nitrogens with zero attached hydrogens (tertiary/aromatic N) is 1. The van der Waals surface area contributed by atoms with Crippen molar-refractivity contribution in [2.75, 3.05) is 0 Å². The molecule has 0 fully saturated rings. The van der Waals surface area contributed by atoms with Crippen LogP contribution in [0.5, 0.6) is 0 Å². The van der Waals surface area contributed by atoms with Crippen molar-refractivity contribution in [1.82, 2.24) is 4.98 Å². The second-order valence-electron chi connectivity index (χ2n) is 3.33. The predicted molar refractivity (Wildman–Crippen MR) is 52.2 cm³/mol. The molecule has 0 aliphatic rings. The van der Waals surface area contributed by atoms with E-state index in [-0.39, 0.29) is 0 Å². The van der Waals surface area contributed by atoms with Crippen molar-refractivity contribution in [3.63, 3.8) is 0 Å². The molecule has 0 N–H and O–H groups in total. The van der Waals surface area contributed by atoms with Crippen LogP contribution in [-0.2, 0) is 0 Å². The van der Waals surface area contributed by atoms with E-state index < -0.39 is 0 Å². The highest BCUT2D eigenvalue weighted by Crippen LogP contribution is 2.19. The van der Waals surface area contributed by atoms with Gasteiger partial charge in [0.1, 0.15) is 0 Å². The molecule has 0 aliphatic carbocycles. The summed E-state index contributed by atoms with van der Waals surface area (Å²) >= 11 is 0. The largest absolute Gasteiger partial charge is 0.264 e. The zero-order valence-corrected chi connectivity index (χ0v) is 7.96. The molecule has 0 bridgehead atoms. The molecule has 1 aromatic rings. The second kappa shape index (κ2) is 4.91. The van der Waals surface area contributed by atoms with Crippen LogP contribution in [0.3, 0.4) is 0 Å². The molecule has 0 saturated heterocycles. The normalized spacial score (nSPS) is 12.8. The first-order valence-electron chi connectivity index (χ1n) is 4.74. The minimum Gasteiger partial charge on any atom is -0.264 e. The van der Waals surface area contributed by atoms with Crippen molar-refractivity contribution in [3.8, 4) is 0 Å². The highest BCUT2D eigenvalue weighted by molar-refractivity contribution is 5.13. The van der Waals surface area contributed by atoms with Gasteiger partial charge < -0.3 is 0 Å². The van der Waals surface area contributed by atoms with Gasteiger partial charge in [-0.2, -0.15) is 0 Å². The fourth-order valence-electron chi connectivity index (χ4n) is 1.34. The van der Waals surface area contributed by atoms with E-state index in [0.717, 1.165) is 0 Å². The van der Waals surface area contributed by atoms with Gasteiger partial charge in [-0.25, -0.2) is 0 Å². The summed E-state index contributed by atoms with van der Waals surface area (Å²) in [4.78, 5) is 4.11. The van der Waals surface area contributed by atoms with Crippen LogP contribution in [0.15, 0.2) is 24.5 Å². The molecule has 66 valence electrons. The van der Waals surface area contributed by atoms with Gasteiger partial charge in [0.25, 0.3) is 0 Å². The molecule has 1 aromatic heterocycles. The molecule has 0 unspecified atom stereocenters. The van der Waals surface area contributed by atoms with Gasteiger partial charge in [-0.1, -0.05) is 32.8 Å². The molecule has 12 heavy (non-hydrogen) atoms. The molecule has 1 heteroatoms. The van der Waals surface area contributed by atoms with Crippen molar-refractivity contribution in [1.29, 1.82) is 0 Å². The van der Waals surface area contributed by atoms with E-state index in [2.05, 4.69) is 24.9 Å². The second-order valence-corrected chi connectivity index (χ2v) is 3.33. The van der Waals surface area contributed by atoms with Crippen molar-refractivity contribution in [2.45, 2.75) is 39.0 Å². The van der Waals surface area contributed by atoms with E-state index in [1.807, 2.05) is 18.5 Å². The molecule has 0 aliphatic heterocycles. The number of aromatic nitrogens is 1. The molecule has 0 radical (unpaired) electrons. The maximum Gasteiger partial charge on any atom is 0.0302 e. The SMILES string of the molecule is CCCC[C@H](C)c1cccnc1. The van der Waals surface area contributed by atoms with Gasteiger partial charge in [-0.3, -0.25) is 4.98 Å². The van der Waals surface area contributed by atoms with Crippen LogP contribution < -0.4 is 0 Å². The molecule has 0 aromatic carbocycles. The van der Waals surface area contributed by atoms with Crippen molar-refractivity contribution in [3.05, 3.63) is 30.1 Å². The summed E-state index contributed by atoms with van der Waals surface area (Å²) in [6.07, 6.45) is 7.68. The number of pyridine rings is 1. The molecular formula is C11H17N. The molecule has 0 saturated carbocycles. The van der Waals surface area contributed by atoms with Crippen LogP contribution in [0.25, 0.3) is 0 Å². The summed E-state index contributed by atoms with van der Waals surface area (Å²) in [5, 5.41) is 0. The van der Waals surface area contributed by atoms with E-state index in [1.54, 1.807) is 0 Å². The molecule has 0 amide bonds. The number of hydrogen-bond donors (Lipinski definition) is 0. The highest BCUT2D eigenvalue weighted by atomic mass is 14.6. The molecule has 0 spiro atoms. The lowest BCUT2D eigenvalue weighted by atomic mass is 9.97. The third-order valence-corrected chi connectivity index (χ3v) is 2.24. The van der Waals surface area contributed by atoms with Crippen molar-refractivity contribution >= 4 is 0 Å². The van der Waals surface area contributed by atoms with E-state index in [9.17, 15) is 0 Å². The summed E-state index contributed by atoms with van der Waals surface area (Å²) in [7, 11) is 0. The van der Waals surface area contributed by atoms with Gasteiger partial charge in [0.15, 0.2) is 0 Å². The molecule has 1 nitrogen and oxygen atoms in total. The van der Waals surface area contributed by atoms with E-state index in [0.29, 0.717) is 5.92 Å². The third-order valence-electron chi connectivity index (χ3n) is 2.24. The number of hydrogen-bond acceptors (Lipinski definition) is 1. The van der Waals surface area contributed by atoms with E-state index in [4.69, 9.17) is 0 Å². The molecule has 1 atom stereocenters. The maximum atomic E-state index is 4.11. The Balaban J connectivity index is 2.48. The zero-order valence-electron chi connectivity index (χ0n) is 7.96. The summed E-state index contributed by atoms with van der Waals surface area (Å²) in [6.45, 7) is 4.50. The summed E-state index contributed by atoms with van der Waals surface area (Å²) in [5.74, 6) is 0.665. The monoisotopic (exact) mass is 163 g/mol. The van der Waals surface area contributed by atoms with Gasteiger partial charge in [-0.15, -0.1) is 0 Å². The first kappa shape index (κ1) is 9.24. The fraction of sp³-hybridized carbons (Fsp3) is 0.545. The van der Waals surface area contributed by atoms with Gasteiger partial charge in [0.2, 0.25) is 0 Å². The minimum atomic E-state index is 0.665. The van der Waals surface area contributed by atoms with Gasteiger partial charge in [0, 0.05) is 12.4 Å². The van der Waals surface area contributed by atoms with Crippen molar-refractivity contribution in [2.24, 2.45) is 0 Å². The van der Waals surface area contributed by atoms with Crippen LogP contribution >= 0.6 is 0 Å². The first-order chi connectivity index (χ1) is 5.84. The van der Waals surface area contributed by atoms with Gasteiger partial charge >= 0.3 is 0 Å². The first-order valence-corrected chi connectivity index (χ1v) is 4.74. The topological polar surface area (TPSA) is 12.9 Å². The quantitative estimate of drug-likeness (QED) is 0.663. The summed E-state index contributed by atoms with van der Waals surface area (Å²) < 4.78 is 0. The maximum absolute atomic E-state index is 4.11. The Labute approximate surface area is 74.8 Å². The predicted octanol–water partition coefficient (Wildman–Crippen LogP) is 3.38. The summed E-state index contributed by atoms with van der Waals surface area (Å²) in [5.41, 5.74) is 1.37. The Kier molecular flexibility index (Phi) is 3.78. The molecule has 1 rings (SSSR count). The highest BCUT2D eigenvalue weighted by Gasteiger charge is 2.03. The van der Waals surface area contributed by atoms with E-state index in [1.165, 1.54) is 24.8 Å². The molecular weight excluding hydrogens is 146 g/mol. The van der Waals surface area contributed by atoms with Crippen LogP contribution in [0.1, 0.15) is 44.6 Å². The molecule has 1 heterocycles. The summed E-state index contributed by atoms with van der Waals surface area (Å²) in [6, 6.07) is 4.17. The van der Waals surface area contributed by atoms with Crippen LogP contribution in [0.4, 0.5) is 0 Å². The number of unbranched alkanes of at least 4 members (excludes halogenated alkanes) is 1. The Hall–Kier alpha value is -0.850.